The summed E-state index contributed by atoms with van der Waals surface area (Å²) in [6.07, 6.45) is 0.784. The van der Waals surface area contributed by atoms with E-state index in [0.717, 1.165) is 27.8 Å². The number of rotatable bonds is 6. The van der Waals surface area contributed by atoms with Gasteiger partial charge in [-0.25, -0.2) is 0 Å². The van der Waals surface area contributed by atoms with E-state index in [-0.39, 0.29) is 6.04 Å². The van der Waals surface area contributed by atoms with Crippen molar-refractivity contribution in [1.29, 1.82) is 0 Å². The fourth-order valence-electron chi connectivity index (χ4n) is 2.91. The zero-order valence-electron chi connectivity index (χ0n) is 15.8. The van der Waals surface area contributed by atoms with Gasteiger partial charge in [0.05, 0.1) is 12.8 Å². The van der Waals surface area contributed by atoms with Crippen molar-refractivity contribution >= 4 is 35.0 Å². The molecule has 0 fully saturated rings. The van der Waals surface area contributed by atoms with Gasteiger partial charge in [0.2, 0.25) is 0 Å². The van der Waals surface area contributed by atoms with Crippen molar-refractivity contribution < 1.29 is 4.74 Å². The molecule has 0 spiro atoms. The van der Waals surface area contributed by atoms with E-state index in [0.29, 0.717) is 10.0 Å². The first-order valence-electron chi connectivity index (χ1n) is 8.72. The number of nitrogens with zero attached hydrogens (tertiary/aromatic N) is 2. The summed E-state index contributed by atoms with van der Waals surface area (Å²) in [5.41, 5.74) is 3.42. The van der Waals surface area contributed by atoms with E-state index in [2.05, 4.69) is 37.6 Å². The van der Waals surface area contributed by atoms with Crippen LogP contribution in [-0.4, -0.2) is 16.9 Å². The highest BCUT2D eigenvalue weighted by Gasteiger charge is 2.19. The third kappa shape index (κ3) is 4.81. The lowest BCUT2D eigenvalue weighted by Gasteiger charge is -2.13. The van der Waals surface area contributed by atoms with Crippen LogP contribution in [0.15, 0.2) is 52.4 Å². The molecule has 0 saturated carbocycles. The van der Waals surface area contributed by atoms with Crippen molar-refractivity contribution in [3.63, 3.8) is 0 Å². The highest BCUT2D eigenvalue weighted by molar-refractivity contribution is 7.99. The topological polar surface area (TPSA) is 27.1 Å². The molecule has 0 aliphatic rings. The van der Waals surface area contributed by atoms with Gasteiger partial charge in [0.1, 0.15) is 10.8 Å². The molecule has 0 unspecified atom stereocenters. The summed E-state index contributed by atoms with van der Waals surface area (Å²) in [7, 11) is 1.69. The smallest absolute Gasteiger partial charge is 0.119 e. The minimum absolute atomic E-state index is 0.250. The van der Waals surface area contributed by atoms with Crippen molar-refractivity contribution in [3.05, 3.63) is 69.3 Å². The maximum atomic E-state index is 6.19. The minimum Gasteiger partial charge on any atom is -0.497 e. The molecule has 0 atom stereocenters. The van der Waals surface area contributed by atoms with Gasteiger partial charge in [0.15, 0.2) is 0 Å². The van der Waals surface area contributed by atoms with Gasteiger partial charge in [0, 0.05) is 33.0 Å². The largest absolute Gasteiger partial charge is 0.497 e. The first kappa shape index (κ1) is 20.1. The first-order valence-corrected chi connectivity index (χ1v) is 10.3. The lowest BCUT2D eigenvalue weighted by molar-refractivity contribution is 0.414. The lowest BCUT2D eigenvalue weighted by atomic mass is 10.1. The first-order chi connectivity index (χ1) is 12.9. The number of hydrogen-bond acceptors (Lipinski definition) is 3. The molecule has 1 aromatic heterocycles. The molecule has 3 nitrogen and oxygen atoms in total. The Morgan fingerprint density at radius 1 is 1.11 bits per heavy atom. The predicted molar refractivity (Wildman–Crippen MR) is 114 cm³/mol. The third-order valence-corrected chi connectivity index (χ3v) is 5.75. The molecule has 142 valence electrons. The SMILES string of the molecule is COc1cccc(Cc2c(C)nn(C(C)C)c2Sc2cc(Cl)cc(Cl)c2)c1. The van der Waals surface area contributed by atoms with Gasteiger partial charge in [0.25, 0.3) is 0 Å². The van der Waals surface area contributed by atoms with Crippen LogP contribution in [0, 0.1) is 6.92 Å². The molecule has 27 heavy (non-hydrogen) atoms. The van der Waals surface area contributed by atoms with Gasteiger partial charge in [-0.15, -0.1) is 0 Å². The zero-order chi connectivity index (χ0) is 19.6. The number of ether oxygens (including phenoxy) is 1. The highest BCUT2D eigenvalue weighted by atomic mass is 35.5. The van der Waals surface area contributed by atoms with Crippen LogP contribution in [-0.2, 0) is 6.42 Å². The van der Waals surface area contributed by atoms with Crippen molar-refractivity contribution in [3.8, 4) is 5.75 Å². The third-order valence-electron chi connectivity index (χ3n) is 4.22. The van der Waals surface area contributed by atoms with Gasteiger partial charge >= 0.3 is 0 Å². The van der Waals surface area contributed by atoms with Gasteiger partial charge in [-0.1, -0.05) is 47.1 Å². The minimum atomic E-state index is 0.250. The molecular weight excluding hydrogens is 399 g/mol. The normalized spacial score (nSPS) is 11.2. The van der Waals surface area contributed by atoms with E-state index >= 15 is 0 Å². The quantitative estimate of drug-likeness (QED) is 0.437. The van der Waals surface area contributed by atoms with Crippen molar-refractivity contribution in [1.82, 2.24) is 9.78 Å². The van der Waals surface area contributed by atoms with Crippen LogP contribution in [0.2, 0.25) is 10.0 Å². The highest BCUT2D eigenvalue weighted by Crippen LogP contribution is 2.37. The summed E-state index contributed by atoms with van der Waals surface area (Å²) in [5.74, 6) is 0.859. The number of hydrogen-bond donors (Lipinski definition) is 0. The average Bonchev–Trinajstić information content (AvgIpc) is 2.91. The molecule has 0 bridgehead atoms. The molecule has 2 aromatic carbocycles. The Balaban J connectivity index is 2.02. The molecule has 0 aliphatic heterocycles. The van der Waals surface area contributed by atoms with E-state index < -0.39 is 0 Å². The number of benzene rings is 2. The molecule has 0 N–H and O–H groups in total. The molecule has 3 rings (SSSR count). The molecule has 0 radical (unpaired) electrons. The van der Waals surface area contributed by atoms with Crippen molar-refractivity contribution in [2.24, 2.45) is 0 Å². The predicted octanol–water partition coefficient (Wildman–Crippen LogP) is 6.83. The second-order valence-corrected chi connectivity index (χ2v) is 8.58. The Morgan fingerprint density at radius 2 is 1.81 bits per heavy atom. The Bertz CT molecular complexity index is 933. The van der Waals surface area contributed by atoms with E-state index in [1.54, 1.807) is 24.9 Å². The fraction of sp³-hybridized carbons (Fsp3) is 0.286. The average molecular weight is 421 g/mol. The Labute approximate surface area is 174 Å². The Morgan fingerprint density at radius 3 is 2.44 bits per heavy atom. The van der Waals surface area contributed by atoms with Crippen molar-refractivity contribution in [2.45, 2.75) is 43.2 Å². The molecule has 6 heteroatoms. The number of aromatic nitrogens is 2. The van der Waals surface area contributed by atoms with Crippen molar-refractivity contribution in [2.75, 3.05) is 7.11 Å². The van der Waals surface area contributed by atoms with Crippen LogP contribution in [0.25, 0.3) is 0 Å². The molecule has 0 aliphatic carbocycles. The van der Waals surface area contributed by atoms with Gasteiger partial charge < -0.3 is 4.74 Å². The molecule has 1 heterocycles. The van der Waals surface area contributed by atoms with E-state index in [9.17, 15) is 0 Å². The lowest BCUT2D eigenvalue weighted by Crippen LogP contribution is -2.05. The summed E-state index contributed by atoms with van der Waals surface area (Å²) in [6, 6.07) is 14.0. The second-order valence-electron chi connectivity index (χ2n) is 6.64. The van der Waals surface area contributed by atoms with E-state index in [1.165, 1.54) is 11.1 Å². The Hall–Kier alpha value is -1.62. The molecule has 3 aromatic rings. The summed E-state index contributed by atoms with van der Waals surface area (Å²) < 4.78 is 7.44. The summed E-state index contributed by atoms with van der Waals surface area (Å²) in [4.78, 5) is 1.00. The van der Waals surface area contributed by atoms with E-state index in [4.69, 9.17) is 33.0 Å². The number of halogens is 2. The van der Waals surface area contributed by atoms with Gasteiger partial charge in [-0.3, -0.25) is 4.68 Å². The summed E-state index contributed by atoms with van der Waals surface area (Å²) in [5, 5.41) is 7.17. The van der Waals surface area contributed by atoms with Gasteiger partial charge in [-0.05, 0) is 56.7 Å². The molecule has 0 saturated heterocycles. The molecular formula is C21H22Cl2N2OS. The van der Waals surface area contributed by atoms with E-state index in [1.807, 2.05) is 24.3 Å². The zero-order valence-corrected chi connectivity index (χ0v) is 18.1. The van der Waals surface area contributed by atoms with Crippen LogP contribution in [0.3, 0.4) is 0 Å². The summed E-state index contributed by atoms with van der Waals surface area (Å²) >= 11 is 14.0. The number of aryl methyl sites for hydroxylation is 1. The van der Waals surface area contributed by atoms with Crippen LogP contribution in [0.1, 0.15) is 36.7 Å². The monoisotopic (exact) mass is 420 g/mol. The maximum Gasteiger partial charge on any atom is 0.119 e. The van der Waals surface area contributed by atoms with Gasteiger partial charge in [-0.2, -0.15) is 5.10 Å². The summed E-state index contributed by atoms with van der Waals surface area (Å²) in [6.45, 7) is 6.33. The van der Waals surface area contributed by atoms with Crippen LogP contribution in [0.5, 0.6) is 5.75 Å². The second kappa shape index (κ2) is 8.59. The van der Waals surface area contributed by atoms with Crippen LogP contribution >= 0.6 is 35.0 Å². The van der Waals surface area contributed by atoms with Crippen LogP contribution in [0.4, 0.5) is 0 Å². The Kier molecular flexibility index (Phi) is 6.40. The molecule has 0 amide bonds. The number of methoxy groups -OCH3 is 1. The fourth-order valence-corrected chi connectivity index (χ4v) is 4.85. The maximum absolute atomic E-state index is 6.19. The van der Waals surface area contributed by atoms with Crippen LogP contribution < -0.4 is 4.74 Å². The standard InChI is InChI=1S/C21H22Cl2N2OS/c1-13(2)25-21(27-19-11-16(22)10-17(23)12-19)20(14(3)24-25)9-15-6-5-7-18(8-15)26-4/h5-8,10-13H,9H2,1-4H3.